The van der Waals surface area contributed by atoms with Crippen LogP contribution >= 0.6 is 12.2 Å². The second-order valence-corrected chi connectivity index (χ2v) is 5.78. The molecule has 0 saturated carbocycles. The van der Waals surface area contributed by atoms with E-state index in [0.717, 1.165) is 11.3 Å². The summed E-state index contributed by atoms with van der Waals surface area (Å²) in [5.74, 6) is -0.908. The zero-order valence-electron chi connectivity index (χ0n) is 13.7. The highest BCUT2D eigenvalue weighted by atomic mass is 32.1. The lowest BCUT2D eigenvalue weighted by Crippen LogP contribution is -2.53. The number of nitrogens with one attached hydrogen (secondary N) is 1. The first-order chi connectivity index (χ1) is 11.4. The van der Waals surface area contributed by atoms with Gasteiger partial charge in [-0.05, 0) is 36.0 Å². The van der Waals surface area contributed by atoms with E-state index in [1.165, 1.54) is 11.0 Å². The van der Waals surface area contributed by atoms with Crippen molar-refractivity contribution in [3.05, 3.63) is 60.2 Å². The van der Waals surface area contributed by atoms with Crippen molar-refractivity contribution >= 4 is 40.9 Å². The minimum absolute atomic E-state index is 0.0478. The lowest BCUT2D eigenvalue weighted by atomic mass is 10.1. The standard InChI is InChI=1S/C18H19N3O2S/c1-4-12-21-17(23)15(16(22)19-18(21)24)7-5-6-13-8-10-14(11-9-13)20(2)3/h4-11H,1,12H2,2-3H3,(H,19,22,24)/b6-5+,15-7+. The van der Waals surface area contributed by atoms with Gasteiger partial charge < -0.3 is 4.90 Å². The fourth-order valence-corrected chi connectivity index (χ4v) is 2.40. The van der Waals surface area contributed by atoms with E-state index in [1.54, 1.807) is 12.2 Å². The van der Waals surface area contributed by atoms with Gasteiger partial charge in [-0.1, -0.05) is 30.4 Å². The molecule has 1 N–H and O–H groups in total. The third kappa shape index (κ3) is 3.97. The van der Waals surface area contributed by atoms with Crippen molar-refractivity contribution in [1.29, 1.82) is 0 Å². The predicted octanol–water partition coefficient (Wildman–Crippen LogP) is 2.12. The Morgan fingerprint density at radius 2 is 1.92 bits per heavy atom. The number of carbonyl (C=O) groups excluding carboxylic acids is 2. The molecule has 1 aromatic rings. The largest absolute Gasteiger partial charge is 0.378 e. The first-order valence-electron chi connectivity index (χ1n) is 7.38. The smallest absolute Gasteiger partial charge is 0.265 e. The van der Waals surface area contributed by atoms with Crippen LogP contribution in [-0.4, -0.2) is 42.5 Å². The van der Waals surface area contributed by atoms with Gasteiger partial charge in [0.1, 0.15) is 5.57 Å². The molecule has 24 heavy (non-hydrogen) atoms. The maximum atomic E-state index is 12.3. The molecule has 0 radical (unpaired) electrons. The van der Waals surface area contributed by atoms with E-state index in [4.69, 9.17) is 12.2 Å². The van der Waals surface area contributed by atoms with Crippen molar-refractivity contribution in [2.45, 2.75) is 0 Å². The Hall–Kier alpha value is -2.73. The van der Waals surface area contributed by atoms with E-state index in [2.05, 4.69) is 11.9 Å². The van der Waals surface area contributed by atoms with Crippen LogP contribution in [0.2, 0.25) is 0 Å². The second-order valence-electron chi connectivity index (χ2n) is 5.39. The number of thiocarbonyl (C=S) groups is 1. The molecule has 1 aromatic carbocycles. The van der Waals surface area contributed by atoms with Crippen LogP contribution in [0.15, 0.2) is 54.6 Å². The summed E-state index contributed by atoms with van der Waals surface area (Å²) in [6.45, 7) is 3.84. The third-order valence-electron chi connectivity index (χ3n) is 3.46. The maximum Gasteiger partial charge on any atom is 0.265 e. The van der Waals surface area contributed by atoms with Gasteiger partial charge >= 0.3 is 0 Å². The molecule has 1 heterocycles. The summed E-state index contributed by atoms with van der Waals surface area (Å²) in [5, 5.41) is 2.61. The van der Waals surface area contributed by atoms with Crippen molar-refractivity contribution in [2.75, 3.05) is 25.5 Å². The van der Waals surface area contributed by atoms with Crippen molar-refractivity contribution in [3.8, 4) is 0 Å². The second kappa shape index (κ2) is 7.70. The first-order valence-corrected chi connectivity index (χ1v) is 7.78. The molecule has 6 heteroatoms. The summed E-state index contributed by atoms with van der Waals surface area (Å²) in [6.07, 6.45) is 6.56. The Labute approximate surface area is 146 Å². The molecular weight excluding hydrogens is 322 g/mol. The zero-order valence-corrected chi connectivity index (χ0v) is 14.5. The molecule has 1 aliphatic rings. The minimum atomic E-state index is -0.488. The monoisotopic (exact) mass is 341 g/mol. The fourth-order valence-electron chi connectivity index (χ4n) is 2.15. The highest BCUT2D eigenvalue weighted by Crippen LogP contribution is 2.14. The Bertz CT molecular complexity index is 733. The molecular formula is C18H19N3O2S. The SMILES string of the molecule is C=CCN1C(=O)/C(=C/C=C/c2ccc(N(C)C)cc2)C(=O)NC1=S. The first kappa shape index (κ1) is 17.6. The number of hydrogen-bond acceptors (Lipinski definition) is 4. The summed E-state index contributed by atoms with van der Waals surface area (Å²) in [6, 6.07) is 7.92. The highest BCUT2D eigenvalue weighted by Gasteiger charge is 2.31. The van der Waals surface area contributed by atoms with Crippen LogP contribution in [0.5, 0.6) is 0 Å². The number of rotatable bonds is 5. The molecule has 1 saturated heterocycles. The molecule has 0 spiro atoms. The van der Waals surface area contributed by atoms with Gasteiger partial charge in [0, 0.05) is 26.3 Å². The van der Waals surface area contributed by atoms with E-state index >= 15 is 0 Å². The van der Waals surface area contributed by atoms with E-state index < -0.39 is 11.8 Å². The van der Waals surface area contributed by atoms with Crippen molar-refractivity contribution < 1.29 is 9.59 Å². The van der Waals surface area contributed by atoms with Gasteiger partial charge in [0.05, 0.1) is 0 Å². The van der Waals surface area contributed by atoms with Gasteiger partial charge in [-0.25, -0.2) is 0 Å². The minimum Gasteiger partial charge on any atom is -0.378 e. The van der Waals surface area contributed by atoms with Crippen molar-refractivity contribution in [2.24, 2.45) is 0 Å². The average Bonchev–Trinajstić information content (AvgIpc) is 2.55. The van der Waals surface area contributed by atoms with Crippen LogP contribution in [0, 0.1) is 0 Å². The van der Waals surface area contributed by atoms with Crippen LogP contribution in [-0.2, 0) is 9.59 Å². The number of carbonyl (C=O) groups is 2. The number of hydrogen-bond donors (Lipinski definition) is 1. The number of benzene rings is 1. The summed E-state index contributed by atoms with van der Waals surface area (Å²) in [5.41, 5.74) is 2.12. The molecule has 2 rings (SSSR count). The van der Waals surface area contributed by atoms with Gasteiger partial charge in [-0.15, -0.1) is 6.58 Å². The lowest BCUT2D eigenvalue weighted by molar-refractivity contribution is -0.128. The molecule has 1 fully saturated rings. The Balaban J connectivity index is 2.16. The summed E-state index contributed by atoms with van der Waals surface area (Å²) < 4.78 is 0. The molecule has 0 aromatic heterocycles. The van der Waals surface area contributed by atoms with Gasteiger partial charge in [0.2, 0.25) is 0 Å². The third-order valence-corrected chi connectivity index (χ3v) is 3.78. The predicted molar refractivity (Wildman–Crippen MR) is 101 cm³/mol. The Morgan fingerprint density at radius 1 is 1.25 bits per heavy atom. The number of amides is 2. The highest BCUT2D eigenvalue weighted by molar-refractivity contribution is 7.80. The van der Waals surface area contributed by atoms with Crippen LogP contribution in [0.25, 0.3) is 6.08 Å². The van der Waals surface area contributed by atoms with E-state index in [1.807, 2.05) is 49.3 Å². The molecule has 124 valence electrons. The van der Waals surface area contributed by atoms with Gasteiger partial charge in [-0.3, -0.25) is 19.8 Å². The normalized spacial score (nSPS) is 16.7. The van der Waals surface area contributed by atoms with Gasteiger partial charge in [0.25, 0.3) is 11.8 Å². The maximum absolute atomic E-state index is 12.3. The van der Waals surface area contributed by atoms with E-state index in [9.17, 15) is 9.59 Å². The number of allylic oxidation sites excluding steroid dienone is 2. The van der Waals surface area contributed by atoms with Crippen LogP contribution in [0.4, 0.5) is 5.69 Å². The van der Waals surface area contributed by atoms with Gasteiger partial charge in [0.15, 0.2) is 5.11 Å². The van der Waals surface area contributed by atoms with Crippen LogP contribution in [0.3, 0.4) is 0 Å². The topological polar surface area (TPSA) is 52.7 Å². The average molecular weight is 341 g/mol. The van der Waals surface area contributed by atoms with Crippen molar-refractivity contribution in [1.82, 2.24) is 10.2 Å². The number of anilines is 1. The van der Waals surface area contributed by atoms with Crippen LogP contribution < -0.4 is 10.2 Å². The molecule has 0 bridgehead atoms. The molecule has 0 aliphatic carbocycles. The fraction of sp³-hybridized carbons (Fsp3) is 0.167. The summed E-state index contributed by atoms with van der Waals surface area (Å²) in [4.78, 5) is 27.6. The zero-order chi connectivity index (χ0) is 17.7. The molecule has 5 nitrogen and oxygen atoms in total. The van der Waals surface area contributed by atoms with Crippen LogP contribution in [0.1, 0.15) is 5.56 Å². The molecule has 0 atom stereocenters. The quantitative estimate of drug-likeness (QED) is 0.386. The Kier molecular flexibility index (Phi) is 5.65. The van der Waals surface area contributed by atoms with Gasteiger partial charge in [-0.2, -0.15) is 0 Å². The van der Waals surface area contributed by atoms with Crippen molar-refractivity contribution in [3.63, 3.8) is 0 Å². The molecule has 0 unspecified atom stereocenters. The summed E-state index contributed by atoms with van der Waals surface area (Å²) in [7, 11) is 3.95. The number of nitrogens with zero attached hydrogens (tertiary/aromatic N) is 2. The van der Waals surface area contributed by atoms with E-state index in [0.29, 0.717) is 0 Å². The molecule has 2 amide bonds. The van der Waals surface area contributed by atoms with E-state index in [-0.39, 0.29) is 17.2 Å². The molecule has 1 aliphatic heterocycles. The Morgan fingerprint density at radius 3 is 2.50 bits per heavy atom. The summed E-state index contributed by atoms with van der Waals surface area (Å²) >= 11 is 5.00. The lowest BCUT2D eigenvalue weighted by Gasteiger charge is -2.27.